The molecular weight excluding hydrogens is 388 g/mol. The summed E-state index contributed by atoms with van der Waals surface area (Å²) in [5.74, 6) is 2.81. The molecule has 0 amide bonds. The molecule has 2 aliphatic rings. The van der Waals surface area contributed by atoms with Crippen LogP contribution in [0, 0.1) is 0 Å². The molecule has 3 heterocycles. The molecule has 0 saturated heterocycles. The Morgan fingerprint density at radius 2 is 1.90 bits per heavy atom. The van der Waals surface area contributed by atoms with Crippen molar-refractivity contribution in [1.29, 1.82) is 0 Å². The van der Waals surface area contributed by atoms with E-state index in [4.69, 9.17) is 16.3 Å². The maximum atomic E-state index is 10.4. The molecular formula is C22H23ClN4O2. The van der Waals surface area contributed by atoms with Gasteiger partial charge in [-0.25, -0.2) is 4.98 Å². The van der Waals surface area contributed by atoms with Crippen molar-refractivity contribution in [1.82, 2.24) is 19.7 Å². The van der Waals surface area contributed by atoms with Crippen molar-refractivity contribution in [2.45, 2.75) is 56.7 Å². The minimum Gasteiger partial charge on any atom is -0.474 e. The van der Waals surface area contributed by atoms with Gasteiger partial charge in [0.25, 0.3) is 0 Å². The predicted octanol–water partition coefficient (Wildman–Crippen LogP) is 3.88. The van der Waals surface area contributed by atoms with E-state index in [1.54, 1.807) is 6.20 Å². The van der Waals surface area contributed by atoms with E-state index in [1.165, 1.54) is 0 Å². The average molecular weight is 411 g/mol. The van der Waals surface area contributed by atoms with Gasteiger partial charge >= 0.3 is 0 Å². The fraction of sp³-hybridized carbons (Fsp3) is 0.409. The zero-order chi connectivity index (χ0) is 19.8. The number of pyridine rings is 1. The molecule has 0 unspecified atom stereocenters. The van der Waals surface area contributed by atoms with Gasteiger partial charge in [-0.2, -0.15) is 0 Å². The van der Waals surface area contributed by atoms with Gasteiger partial charge in [0.15, 0.2) is 0 Å². The van der Waals surface area contributed by atoms with Crippen LogP contribution in [0.3, 0.4) is 0 Å². The topological polar surface area (TPSA) is 73.1 Å². The molecule has 6 nitrogen and oxygen atoms in total. The molecule has 1 fully saturated rings. The quantitative estimate of drug-likeness (QED) is 0.709. The van der Waals surface area contributed by atoms with Crippen LogP contribution >= 0.6 is 11.6 Å². The SMILES string of the molecule is O[C@@H]1Cc2cc(Cl)ccc2-n2c(nnc2[C@H]2CC[C@H](Oc3ccccn3)CC2)C1. The summed E-state index contributed by atoms with van der Waals surface area (Å²) in [5.41, 5.74) is 2.07. The van der Waals surface area contributed by atoms with Gasteiger partial charge in [0.2, 0.25) is 5.88 Å². The van der Waals surface area contributed by atoms with Crippen LogP contribution < -0.4 is 4.74 Å². The van der Waals surface area contributed by atoms with Gasteiger partial charge in [0, 0.05) is 36.0 Å². The second-order valence-corrected chi connectivity index (χ2v) is 8.34. The Hall–Kier alpha value is -2.44. The molecule has 0 radical (unpaired) electrons. The van der Waals surface area contributed by atoms with Crippen molar-refractivity contribution in [3.8, 4) is 11.6 Å². The van der Waals surface area contributed by atoms with E-state index in [1.807, 2.05) is 36.4 Å². The summed E-state index contributed by atoms with van der Waals surface area (Å²) in [6, 6.07) is 11.6. The summed E-state index contributed by atoms with van der Waals surface area (Å²) in [5, 5.41) is 20.1. The molecule has 150 valence electrons. The highest BCUT2D eigenvalue weighted by molar-refractivity contribution is 6.30. The van der Waals surface area contributed by atoms with Crippen molar-refractivity contribution in [3.63, 3.8) is 0 Å². The number of ether oxygens (including phenoxy) is 1. The van der Waals surface area contributed by atoms with Crippen molar-refractivity contribution < 1.29 is 9.84 Å². The molecule has 3 aromatic rings. The van der Waals surface area contributed by atoms with Crippen molar-refractivity contribution in [2.75, 3.05) is 0 Å². The number of aromatic nitrogens is 4. The minimum atomic E-state index is -0.479. The molecule has 0 spiro atoms. The van der Waals surface area contributed by atoms with Crippen molar-refractivity contribution in [2.24, 2.45) is 0 Å². The lowest BCUT2D eigenvalue weighted by Gasteiger charge is -2.28. The maximum Gasteiger partial charge on any atom is 0.213 e. The van der Waals surface area contributed by atoms with Crippen LogP contribution in [-0.4, -0.2) is 37.1 Å². The number of hydrogen-bond acceptors (Lipinski definition) is 5. The first-order valence-electron chi connectivity index (χ1n) is 10.2. The number of aliphatic hydroxyl groups excluding tert-OH is 1. The molecule has 1 aliphatic carbocycles. The fourth-order valence-corrected chi connectivity index (χ4v) is 4.68. The monoisotopic (exact) mass is 410 g/mol. The first-order valence-corrected chi connectivity index (χ1v) is 10.5. The molecule has 5 rings (SSSR count). The third-order valence-corrected chi connectivity index (χ3v) is 6.11. The zero-order valence-electron chi connectivity index (χ0n) is 16.0. The van der Waals surface area contributed by atoms with Crippen LogP contribution in [0.1, 0.15) is 48.8 Å². The lowest BCUT2D eigenvalue weighted by Crippen LogP contribution is -2.25. The van der Waals surface area contributed by atoms with E-state index in [0.29, 0.717) is 29.7 Å². The molecule has 1 N–H and O–H groups in total. The van der Waals surface area contributed by atoms with Crippen molar-refractivity contribution >= 4 is 11.6 Å². The number of hydrogen-bond donors (Lipinski definition) is 1. The number of rotatable bonds is 3. The van der Waals surface area contributed by atoms with Crippen LogP contribution in [0.5, 0.6) is 5.88 Å². The standard InChI is InChI=1S/C22H23ClN4O2/c23-16-6-9-19-15(11-16)12-17(28)13-20-25-26-22(27(19)20)14-4-7-18(8-5-14)29-21-3-1-2-10-24-21/h1-3,6,9-11,14,17-18,28H,4-5,7-8,12-13H2/t14-,17-,18-/m1/s1. The first-order chi connectivity index (χ1) is 14.2. The van der Waals surface area contributed by atoms with Gasteiger partial charge < -0.3 is 9.84 Å². The highest BCUT2D eigenvalue weighted by Crippen LogP contribution is 2.36. The molecule has 0 bridgehead atoms. The molecule has 29 heavy (non-hydrogen) atoms. The summed E-state index contributed by atoms with van der Waals surface area (Å²) in [4.78, 5) is 4.27. The summed E-state index contributed by atoms with van der Waals surface area (Å²) in [6.07, 6.45) is 6.42. The molecule has 1 aromatic carbocycles. The Bertz CT molecular complexity index is 999. The van der Waals surface area contributed by atoms with Crippen LogP contribution in [0.4, 0.5) is 0 Å². The fourth-order valence-electron chi connectivity index (χ4n) is 4.49. The summed E-state index contributed by atoms with van der Waals surface area (Å²) in [7, 11) is 0. The van der Waals surface area contributed by atoms with Gasteiger partial charge in [0.1, 0.15) is 17.8 Å². The van der Waals surface area contributed by atoms with Crippen molar-refractivity contribution in [3.05, 3.63) is 64.8 Å². The molecule has 1 atom stereocenters. The lowest BCUT2D eigenvalue weighted by atomic mass is 9.86. The van der Waals surface area contributed by atoms with Crippen LogP contribution in [0.25, 0.3) is 5.69 Å². The third kappa shape index (κ3) is 3.74. The normalized spacial score (nSPS) is 23.7. The Kier molecular flexibility index (Phi) is 4.97. The van der Waals surface area contributed by atoms with E-state index in [9.17, 15) is 5.11 Å². The number of aliphatic hydroxyl groups is 1. The van der Waals surface area contributed by atoms with Crippen LogP contribution in [0.2, 0.25) is 5.02 Å². The van der Waals surface area contributed by atoms with Gasteiger partial charge in [0.05, 0.1) is 11.8 Å². The minimum absolute atomic E-state index is 0.181. The van der Waals surface area contributed by atoms with Crippen LogP contribution in [-0.2, 0) is 12.8 Å². The third-order valence-electron chi connectivity index (χ3n) is 5.88. The highest BCUT2D eigenvalue weighted by atomic mass is 35.5. The number of fused-ring (bicyclic) bond motifs is 3. The van der Waals surface area contributed by atoms with E-state index < -0.39 is 6.10 Å². The van der Waals surface area contributed by atoms with Crippen LogP contribution in [0.15, 0.2) is 42.6 Å². The van der Waals surface area contributed by atoms with Gasteiger partial charge in [-0.3, -0.25) is 4.57 Å². The van der Waals surface area contributed by atoms with E-state index in [2.05, 4.69) is 19.7 Å². The summed E-state index contributed by atoms with van der Waals surface area (Å²) >= 11 is 6.21. The van der Waals surface area contributed by atoms with E-state index in [-0.39, 0.29) is 6.10 Å². The Balaban J connectivity index is 1.38. The van der Waals surface area contributed by atoms with E-state index in [0.717, 1.165) is 48.6 Å². The largest absolute Gasteiger partial charge is 0.474 e. The highest BCUT2D eigenvalue weighted by Gasteiger charge is 2.31. The summed E-state index contributed by atoms with van der Waals surface area (Å²) < 4.78 is 8.18. The van der Waals surface area contributed by atoms with Gasteiger partial charge in [-0.05, 0) is 55.5 Å². The van der Waals surface area contributed by atoms with E-state index >= 15 is 0 Å². The zero-order valence-corrected chi connectivity index (χ0v) is 16.8. The number of nitrogens with zero attached hydrogens (tertiary/aromatic N) is 4. The predicted molar refractivity (Wildman–Crippen MR) is 110 cm³/mol. The van der Waals surface area contributed by atoms with Gasteiger partial charge in [-0.1, -0.05) is 17.7 Å². The second kappa shape index (κ2) is 7.76. The lowest BCUT2D eigenvalue weighted by molar-refractivity contribution is 0.139. The Morgan fingerprint density at radius 3 is 2.69 bits per heavy atom. The molecule has 2 aromatic heterocycles. The average Bonchev–Trinajstić information content (AvgIpc) is 3.06. The number of benzene rings is 1. The smallest absolute Gasteiger partial charge is 0.213 e. The first kappa shape index (κ1) is 18.6. The molecule has 1 aliphatic heterocycles. The molecule has 7 heteroatoms. The maximum absolute atomic E-state index is 10.4. The Morgan fingerprint density at radius 1 is 1.03 bits per heavy atom. The summed E-state index contributed by atoms with van der Waals surface area (Å²) in [6.45, 7) is 0. The number of halogens is 1. The molecule has 1 saturated carbocycles. The Labute approximate surface area is 174 Å². The van der Waals surface area contributed by atoms with Gasteiger partial charge in [-0.15, -0.1) is 10.2 Å². The second-order valence-electron chi connectivity index (χ2n) is 7.90.